The number of ether oxygens (including phenoxy) is 6. The molecule has 0 aliphatic rings. The fourth-order valence-electron chi connectivity index (χ4n) is 7.61. The normalized spacial score (nSPS) is 12.2. The van der Waals surface area contributed by atoms with Gasteiger partial charge in [-0.05, 0) is 146 Å². The van der Waals surface area contributed by atoms with Gasteiger partial charge in [-0.3, -0.25) is 0 Å². The second-order valence-corrected chi connectivity index (χ2v) is 24.2. The van der Waals surface area contributed by atoms with Crippen molar-refractivity contribution in [1.29, 1.82) is 0 Å². The van der Waals surface area contributed by atoms with E-state index >= 15 is 0 Å². The molecule has 0 fully saturated rings. The zero-order valence-corrected chi connectivity index (χ0v) is 51.0. The summed E-state index contributed by atoms with van der Waals surface area (Å²) in [4.78, 5) is 0. The van der Waals surface area contributed by atoms with Crippen LogP contribution in [-0.4, -0.2) is 39.6 Å². The highest BCUT2D eigenvalue weighted by Crippen LogP contribution is 2.38. The second-order valence-electron chi connectivity index (χ2n) is 22.4. The third-order valence-corrected chi connectivity index (χ3v) is 13.7. The van der Waals surface area contributed by atoms with Crippen LogP contribution in [-0.2, 0) is 0 Å². The van der Waals surface area contributed by atoms with Crippen molar-refractivity contribution < 1.29 is 28.4 Å². The standard InChI is InChI=1S/C68H88Br2O6/c1-47(2)29-35-71-63-43-57(65(73-37-31-49(5)6)41-55(63)19-13-53-15-25-61(69)26-16-53)21-23-59-45-68(76-40-34-52(11)12)60(46-67(59)75-39-33-51(9)10)24-22-58-44-64(72-36-30-48(3)4)56(42-66(58)74-38-32-50(7)8)20-14-54-17-27-62(70)28-18-54/h13-28,41-52H,29-40H2,1-12H3/b19-13+,20-14+,23-21+,24-22+. The van der Waals surface area contributed by atoms with E-state index in [4.69, 9.17) is 28.4 Å². The topological polar surface area (TPSA) is 55.4 Å². The summed E-state index contributed by atoms with van der Waals surface area (Å²) in [6.45, 7) is 30.3. The maximum absolute atomic E-state index is 6.75. The van der Waals surface area contributed by atoms with Crippen LogP contribution in [0.25, 0.3) is 48.6 Å². The van der Waals surface area contributed by atoms with Crippen molar-refractivity contribution >= 4 is 80.5 Å². The van der Waals surface area contributed by atoms with E-state index in [-0.39, 0.29) is 0 Å². The van der Waals surface area contributed by atoms with Crippen LogP contribution in [0.2, 0.25) is 0 Å². The molecule has 0 atom stereocenters. The highest BCUT2D eigenvalue weighted by atomic mass is 79.9. The first-order valence-electron chi connectivity index (χ1n) is 28.0. The lowest BCUT2D eigenvalue weighted by Gasteiger charge is -2.18. The van der Waals surface area contributed by atoms with Gasteiger partial charge >= 0.3 is 0 Å². The van der Waals surface area contributed by atoms with E-state index in [0.717, 1.165) is 126 Å². The Morgan fingerprint density at radius 3 is 0.618 bits per heavy atom. The third kappa shape index (κ3) is 22.4. The molecule has 0 aliphatic carbocycles. The predicted octanol–water partition coefficient (Wildman–Crippen LogP) is 20.4. The highest BCUT2D eigenvalue weighted by Gasteiger charge is 2.16. The van der Waals surface area contributed by atoms with Crippen molar-refractivity contribution in [3.63, 3.8) is 0 Å². The molecule has 8 heteroatoms. The molecule has 0 bridgehead atoms. The van der Waals surface area contributed by atoms with Crippen LogP contribution >= 0.6 is 31.9 Å². The minimum Gasteiger partial charge on any atom is -0.493 e. The zero-order valence-electron chi connectivity index (χ0n) is 47.9. The molecule has 0 spiro atoms. The summed E-state index contributed by atoms with van der Waals surface area (Å²) >= 11 is 7.16. The third-order valence-electron chi connectivity index (χ3n) is 12.7. The van der Waals surface area contributed by atoms with Crippen molar-refractivity contribution in [2.75, 3.05) is 39.6 Å². The van der Waals surface area contributed by atoms with E-state index in [2.05, 4.69) is 248 Å². The van der Waals surface area contributed by atoms with E-state index in [1.54, 1.807) is 0 Å². The van der Waals surface area contributed by atoms with Gasteiger partial charge in [0.1, 0.15) is 34.5 Å². The van der Waals surface area contributed by atoms with E-state index < -0.39 is 0 Å². The maximum Gasteiger partial charge on any atom is 0.127 e. The molecule has 5 rings (SSSR count). The largest absolute Gasteiger partial charge is 0.493 e. The van der Waals surface area contributed by atoms with Gasteiger partial charge in [0.25, 0.3) is 0 Å². The Labute approximate surface area is 475 Å². The van der Waals surface area contributed by atoms with Crippen LogP contribution in [0.15, 0.2) is 93.9 Å². The summed E-state index contributed by atoms with van der Waals surface area (Å²) in [5.41, 5.74) is 7.81. The van der Waals surface area contributed by atoms with E-state index in [9.17, 15) is 0 Å². The van der Waals surface area contributed by atoms with Crippen molar-refractivity contribution in [3.8, 4) is 34.5 Å². The van der Waals surface area contributed by atoms with E-state index in [1.165, 1.54) is 0 Å². The predicted molar refractivity (Wildman–Crippen MR) is 333 cm³/mol. The summed E-state index contributed by atoms with van der Waals surface area (Å²) in [5.74, 6) is 7.75. The molecule has 6 nitrogen and oxygen atoms in total. The summed E-state index contributed by atoms with van der Waals surface area (Å²) in [5, 5.41) is 0. The van der Waals surface area contributed by atoms with Gasteiger partial charge < -0.3 is 28.4 Å². The molecule has 0 amide bonds. The van der Waals surface area contributed by atoms with Crippen LogP contribution < -0.4 is 28.4 Å². The van der Waals surface area contributed by atoms with Gasteiger partial charge in [0.05, 0.1) is 39.6 Å². The Bertz CT molecular complexity index is 2450. The van der Waals surface area contributed by atoms with Gasteiger partial charge in [-0.2, -0.15) is 0 Å². The molecule has 5 aromatic rings. The van der Waals surface area contributed by atoms with Gasteiger partial charge in [-0.25, -0.2) is 0 Å². The van der Waals surface area contributed by atoms with Crippen molar-refractivity contribution in [1.82, 2.24) is 0 Å². The minimum absolute atomic E-state index is 0.478. The molecule has 0 aliphatic heterocycles. The van der Waals surface area contributed by atoms with Crippen LogP contribution in [0.4, 0.5) is 0 Å². The number of hydrogen-bond acceptors (Lipinski definition) is 6. The lowest BCUT2D eigenvalue weighted by molar-refractivity contribution is 0.281. The minimum atomic E-state index is 0.478. The Balaban J connectivity index is 1.66. The average Bonchev–Trinajstić information content (AvgIpc) is 3.35. The highest BCUT2D eigenvalue weighted by molar-refractivity contribution is 9.10. The summed E-state index contributed by atoms with van der Waals surface area (Å²) in [6, 6.07) is 29.4. The molecule has 0 unspecified atom stereocenters. The molecule has 0 radical (unpaired) electrons. The lowest BCUT2D eigenvalue weighted by atomic mass is 10.0. The van der Waals surface area contributed by atoms with Crippen LogP contribution in [0, 0.1) is 35.5 Å². The van der Waals surface area contributed by atoms with Gasteiger partial charge in [-0.15, -0.1) is 0 Å². The fraction of sp³-hybridized carbons (Fsp3) is 0.441. The summed E-state index contributed by atoms with van der Waals surface area (Å²) in [7, 11) is 0. The van der Waals surface area contributed by atoms with Gasteiger partial charge in [0, 0.05) is 42.3 Å². The first kappa shape index (κ1) is 61.7. The first-order valence-corrected chi connectivity index (χ1v) is 29.5. The monoisotopic (exact) mass is 1160 g/mol. The molecule has 0 aromatic heterocycles. The molecule has 76 heavy (non-hydrogen) atoms. The molecular formula is C68H88Br2O6. The first-order chi connectivity index (χ1) is 36.4. The fourth-order valence-corrected chi connectivity index (χ4v) is 8.14. The van der Waals surface area contributed by atoms with Crippen molar-refractivity contribution in [3.05, 3.63) is 138 Å². The lowest BCUT2D eigenvalue weighted by Crippen LogP contribution is -2.06. The molecular weight excluding hydrogens is 1070 g/mol. The summed E-state index contributed by atoms with van der Waals surface area (Å²) in [6.07, 6.45) is 22.6. The average molecular weight is 1160 g/mol. The van der Waals surface area contributed by atoms with Crippen molar-refractivity contribution in [2.45, 2.75) is 122 Å². The number of halogens is 2. The quantitative estimate of drug-likeness (QED) is 0.0400. The Hall–Kier alpha value is -5.18. The molecule has 0 saturated carbocycles. The molecule has 0 heterocycles. The molecule has 5 aromatic carbocycles. The van der Waals surface area contributed by atoms with E-state index in [0.29, 0.717) is 75.1 Å². The molecule has 0 N–H and O–H groups in total. The Morgan fingerprint density at radius 2 is 0.447 bits per heavy atom. The second kappa shape index (κ2) is 32.5. The van der Waals surface area contributed by atoms with Crippen molar-refractivity contribution in [2.24, 2.45) is 35.5 Å². The smallest absolute Gasteiger partial charge is 0.127 e. The number of benzene rings is 5. The van der Waals surface area contributed by atoms with Gasteiger partial charge in [0.2, 0.25) is 0 Å². The van der Waals surface area contributed by atoms with E-state index in [1.807, 2.05) is 0 Å². The number of rotatable bonds is 32. The van der Waals surface area contributed by atoms with Crippen LogP contribution in [0.1, 0.15) is 166 Å². The molecule has 0 saturated heterocycles. The zero-order chi connectivity index (χ0) is 55.0. The van der Waals surface area contributed by atoms with Crippen LogP contribution in [0.3, 0.4) is 0 Å². The number of hydrogen-bond donors (Lipinski definition) is 0. The van der Waals surface area contributed by atoms with Gasteiger partial charge in [-0.1, -0.05) is 188 Å². The Morgan fingerprint density at radius 1 is 0.276 bits per heavy atom. The SMILES string of the molecule is CC(C)CCOc1cc(/C=C/c2cc(OCCC(C)C)c(/C=C/c3cc(OCCC(C)C)c(/C=C/c4ccc(Br)cc4)cc3OCCC(C)C)cc2OCCC(C)C)c(OCCC(C)C)cc1/C=C/c1ccc(Br)cc1. The maximum atomic E-state index is 6.75. The van der Waals surface area contributed by atoms with Gasteiger partial charge in [0.15, 0.2) is 0 Å². The Kier molecular flexibility index (Phi) is 26.4. The summed E-state index contributed by atoms with van der Waals surface area (Å²) < 4.78 is 42.1. The van der Waals surface area contributed by atoms with Crippen LogP contribution in [0.5, 0.6) is 34.5 Å². The molecule has 410 valence electrons.